The van der Waals surface area contributed by atoms with E-state index in [-0.39, 0.29) is 5.69 Å². The molecule has 2 aromatic carbocycles. The van der Waals surface area contributed by atoms with E-state index in [0.717, 1.165) is 41.5 Å². The molecular formula is C23H21FN6O. The minimum Gasteiger partial charge on any atom is -0.382 e. The Labute approximate surface area is 178 Å². The first-order valence-corrected chi connectivity index (χ1v) is 10.1. The Balaban J connectivity index is 1.41. The number of nitrogens with two attached hydrogens (primary N) is 1. The van der Waals surface area contributed by atoms with Gasteiger partial charge in [-0.1, -0.05) is 6.07 Å². The molecule has 1 aliphatic rings. The number of carbonyl (C=O) groups is 1. The molecule has 156 valence electrons. The maximum absolute atomic E-state index is 14.0. The largest absolute Gasteiger partial charge is 0.382 e. The summed E-state index contributed by atoms with van der Waals surface area (Å²) in [4.78, 5) is 20.9. The van der Waals surface area contributed by atoms with E-state index in [4.69, 9.17) is 5.73 Å². The highest BCUT2D eigenvalue weighted by Gasteiger charge is 2.25. The van der Waals surface area contributed by atoms with E-state index >= 15 is 0 Å². The lowest BCUT2D eigenvalue weighted by Crippen LogP contribution is -2.20. The van der Waals surface area contributed by atoms with E-state index in [1.807, 2.05) is 12.1 Å². The number of nitrogen functional groups attached to an aromatic ring is 1. The van der Waals surface area contributed by atoms with Gasteiger partial charge in [-0.2, -0.15) is 0 Å². The number of halogens is 1. The number of carbonyl (C=O) groups excluding carboxylic acids is 1. The zero-order valence-corrected chi connectivity index (χ0v) is 16.9. The van der Waals surface area contributed by atoms with Crippen molar-refractivity contribution in [2.45, 2.75) is 26.2 Å². The Hall–Kier alpha value is -3.94. The van der Waals surface area contributed by atoms with Crippen LogP contribution in [0.15, 0.2) is 48.8 Å². The van der Waals surface area contributed by atoms with E-state index in [9.17, 15) is 9.18 Å². The van der Waals surface area contributed by atoms with Crippen LogP contribution in [0.1, 0.15) is 23.2 Å². The fourth-order valence-electron chi connectivity index (χ4n) is 4.18. The maximum Gasteiger partial charge on any atom is 0.323 e. The highest BCUT2D eigenvalue weighted by molar-refractivity contribution is 6.00. The van der Waals surface area contributed by atoms with Gasteiger partial charge in [-0.05, 0) is 73.7 Å². The van der Waals surface area contributed by atoms with Crippen molar-refractivity contribution in [3.8, 4) is 5.69 Å². The minimum absolute atomic E-state index is 0.129. The summed E-state index contributed by atoms with van der Waals surface area (Å²) in [7, 11) is 0. The second-order valence-electron chi connectivity index (χ2n) is 7.68. The molecular weight excluding hydrogens is 395 g/mol. The Bertz CT molecular complexity index is 1310. The lowest BCUT2D eigenvalue weighted by molar-refractivity contribution is 0.262. The van der Waals surface area contributed by atoms with Crippen molar-refractivity contribution in [1.29, 1.82) is 0 Å². The van der Waals surface area contributed by atoms with E-state index < -0.39 is 11.8 Å². The smallest absolute Gasteiger partial charge is 0.323 e. The molecule has 4 aromatic rings. The number of amides is 2. The molecule has 0 fully saturated rings. The summed E-state index contributed by atoms with van der Waals surface area (Å²) in [6.07, 6.45) is 4.52. The highest BCUT2D eigenvalue weighted by atomic mass is 19.1. The number of rotatable bonds is 3. The standard InChI is InChI=1S/C23H21FN6O/c1-13-5-10-18(17(24)11-13)29-23(31)28-14-6-8-15(9-7-14)30-19-4-2-3-16(19)20-21(30)22(25)27-12-26-20/h5-12H,2-4H2,1H3,(H2,25,26,27)(H2,28,29,31). The van der Waals surface area contributed by atoms with Gasteiger partial charge in [0.1, 0.15) is 17.7 Å². The summed E-state index contributed by atoms with van der Waals surface area (Å²) in [5.41, 5.74) is 12.8. The molecule has 2 amide bonds. The molecule has 31 heavy (non-hydrogen) atoms. The average molecular weight is 416 g/mol. The van der Waals surface area contributed by atoms with Crippen LogP contribution in [0.3, 0.4) is 0 Å². The van der Waals surface area contributed by atoms with Crippen molar-refractivity contribution in [2.75, 3.05) is 16.4 Å². The number of aryl methyl sites for hydroxylation is 2. The molecule has 0 radical (unpaired) electrons. The normalized spacial score (nSPS) is 12.7. The number of hydrogen-bond acceptors (Lipinski definition) is 4. The van der Waals surface area contributed by atoms with Crippen LogP contribution >= 0.6 is 0 Å². The van der Waals surface area contributed by atoms with Crippen LogP contribution < -0.4 is 16.4 Å². The van der Waals surface area contributed by atoms with Gasteiger partial charge in [0.2, 0.25) is 0 Å². The van der Waals surface area contributed by atoms with E-state index in [1.165, 1.54) is 29.7 Å². The molecule has 0 bridgehead atoms. The quantitative estimate of drug-likeness (QED) is 0.455. The molecule has 2 aromatic heterocycles. The molecule has 4 N–H and O–H groups in total. The topological polar surface area (TPSA) is 97.9 Å². The Morgan fingerprint density at radius 2 is 1.90 bits per heavy atom. The molecule has 0 saturated carbocycles. The molecule has 0 unspecified atom stereocenters. The molecule has 2 heterocycles. The van der Waals surface area contributed by atoms with Crippen LogP contribution in [0.2, 0.25) is 0 Å². The second-order valence-corrected chi connectivity index (χ2v) is 7.68. The van der Waals surface area contributed by atoms with Crippen LogP contribution in [0, 0.1) is 12.7 Å². The lowest BCUT2D eigenvalue weighted by atomic mass is 10.2. The van der Waals surface area contributed by atoms with Gasteiger partial charge in [0, 0.05) is 17.1 Å². The van der Waals surface area contributed by atoms with Crippen molar-refractivity contribution in [1.82, 2.24) is 14.5 Å². The van der Waals surface area contributed by atoms with Gasteiger partial charge in [0.15, 0.2) is 5.82 Å². The predicted molar refractivity (Wildman–Crippen MR) is 119 cm³/mol. The number of nitrogens with one attached hydrogen (secondary N) is 2. The van der Waals surface area contributed by atoms with E-state index in [1.54, 1.807) is 25.1 Å². The number of hydrogen-bond donors (Lipinski definition) is 3. The number of fused-ring (bicyclic) bond motifs is 3. The van der Waals surface area contributed by atoms with E-state index in [2.05, 4.69) is 25.2 Å². The summed E-state index contributed by atoms with van der Waals surface area (Å²) in [5, 5.41) is 5.26. The van der Waals surface area contributed by atoms with Gasteiger partial charge in [0.25, 0.3) is 0 Å². The number of urea groups is 1. The number of aromatic nitrogens is 3. The summed E-state index contributed by atoms with van der Waals surface area (Å²) in [5.74, 6) is -0.0280. The van der Waals surface area contributed by atoms with Gasteiger partial charge in [-0.3, -0.25) is 0 Å². The SMILES string of the molecule is Cc1ccc(NC(=O)Nc2ccc(-n3c4c(c5ncnc(N)c53)CCC4)cc2)c(F)c1. The Kier molecular flexibility index (Phi) is 4.54. The number of benzene rings is 2. The van der Waals surface area contributed by atoms with Crippen LogP contribution in [-0.2, 0) is 12.8 Å². The van der Waals surface area contributed by atoms with Crippen LogP contribution in [0.25, 0.3) is 16.7 Å². The first-order valence-electron chi connectivity index (χ1n) is 10.1. The second kappa shape index (κ2) is 7.39. The summed E-state index contributed by atoms with van der Waals surface area (Å²) in [6, 6.07) is 11.6. The molecule has 0 saturated heterocycles. The summed E-state index contributed by atoms with van der Waals surface area (Å²) >= 11 is 0. The van der Waals surface area contributed by atoms with Gasteiger partial charge < -0.3 is 20.9 Å². The fourth-order valence-corrected chi connectivity index (χ4v) is 4.18. The zero-order valence-electron chi connectivity index (χ0n) is 16.9. The Morgan fingerprint density at radius 1 is 1.10 bits per heavy atom. The van der Waals surface area contributed by atoms with Crippen molar-refractivity contribution in [3.63, 3.8) is 0 Å². The Morgan fingerprint density at radius 3 is 2.68 bits per heavy atom. The molecule has 7 nitrogen and oxygen atoms in total. The van der Waals surface area contributed by atoms with Crippen LogP contribution in [0.5, 0.6) is 0 Å². The number of nitrogens with zero attached hydrogens (tertiary/aromatic N) is 3. The van der Waals surface area contributed by atoms with Crippen molar-refractivity contribution in [2.24, 2.45) is 0 Å². The molecule has 5 rings (SSSR count). The highest BCUT2D eigenvalue weighted by Crippen LogP contribution is 2.36. The predicted octanol–water partition coefficient (Wildman–Crippen LogP) is 4.58. The third kappa shape index (κ3) is 3.35. The first-order chi connectivity index (χ1) is 15.0. The van der Waals surface area contributed by atoms with Crippen molar-refractivity contribution < 1.29 is 9.18 Å². The molecule has 0 atom stereocenters. The molecule has 8 heteroatoms. The molecule has 0 spiro atoms. The van der Waals surface area contributed by atoms with E-state index in [0.29, 0.717) is 11.5 Å². The summed E-state index contributed by atoms with van der Waals surface area (Å²) in [6.45, 7) is 1.79. The monoisotopic (exact) mass is 416 g/mol. The average Bonchev–Trinajstić information content (AvgIpc) is 3.33. The minimum atomic E-state index is -0.513. The maximum atomic E-state index is 14.0. The van der Waals surface area contributed by atoms with Crippen LogP contribution in [-0.4, -0.2) is 20.6 Å². The van der Waals surface area contributed by atoms with Crippen molar-refractivity contribution in [3.05, 3.63) is 71.4 Å². The number of anilines is 3. The lowest BCUT2D eigenvalue weighted by Gasteiger charge is -2.12. The van der Waals surface area contributed by atoms with Gasteiger partial charge >= 0.3 is 6.03 Å². The summed E-state index contributed by atoms with van der Waals surface area (Å²) < 4.78 is 16.1. The zero-order chi connectivity index (χ0) is 21.5. The first kappa shape index (κ1) is 19.0. The molecule has 1 aliphatic carbocycles. The molecule has 0 aliphatic heterocycles. The fraction of sp³-hybridized carbons (Fsp3) is 0.174. The third-order valence-corrected chi connectivity index (χ3v) is 5.57. The van der Waals surface area contributed by atoms with Gasteiger partial charge in [0.05, 0.1) is 11.2 Å². The third-order valence-electron chi connectivity index (χ3n) is 5.57. The van der Waals surface area contributed by atoms with Crippen molar-refractivity contribution >= 4 is 34.3 Å². The van der Waals surface area contributed by atoms with Gasteiger partial charge in [-0.25, -0.2) is 19.2 Å². The van der Waals surface area contributed by atoms with Crippen LogP contribution in [0.4, 0.5) is 26.4 Å². The van der Waals surface area contributed by atoms with Gasteiger partial charge in [-0.15, -0.1) is 0 Å².